The Morgan fingerprint density at radius 2 is 1.86 bits per heavy atom. The second kappa shape index (κ2) is 4.88. The number of alkyl halides is 3. The first-order valence-electron chi connectivity index (χ1n) is 6.50. The summed E-state index contributed by atoms with van der Waals surface area (Å²) in [6.07, 6.45) is -5.13. The minimum Gasteiger partial charge on any atom is -0.444 e. The molecule has 0 bridgehead atoms. The second-order valence-electron chi connectivity index (χ2n) is 5.88. The molecule has 2 heterocycles. The summed E-state index contributed by atoms with van der Waals surface area (Å²) >= 11 is 0. The van der Waals surface area contributed by atoms with Crippen LogP contribution in [0.4, 0.5) is 18.0 Å². The zero-order valence-corrected chi connectivity index (χ0v) is 12.2. The smallest absolute Gasteiger partial charge is 0.444 e. The van der Waals surface area contributed by atoms with Gasteiger partial charge in [0.1, 0.15) is 5.60 Å². The van der Waals surface area contributed by atoms with E-state index in [-0.39, 0.29) is 18.9 Å². The van der Waals surface area contributed by atoms with Crippen molar-refractivity contribution < 1.29 is 22.7 Å². The van der Waals surface area contributed by atoms with Gasteiger partial charge in [-0.15, -0.1) is 10.2 Å². The van der Waals surface area contributed by atoms with Gasteiger partial charge in [0, 0.05) is 13.1 Å². The maximum absolute atomic E-state index is 12.8. The number of hydrogen-bond donors (Lipinski definition) is 0. The van der Waals surface area contributed by atoms with Crippen LogP contribution >= 0.6 is 0 Å². The van der Waals surface area contributed by atoms with E-state index in [1.807, 2.05) is 0 Å². The molecule has 0 radical (unpaired) electrons. The third kappa shape index (κ3) is 3.11. The zero-order valence-electron chi connectivity index (χ0n) is 12.2. The van der Waals surface area contributed by atoms with Gasteiger partial charge in [0.15, 0.2) is 5.82 Å². The van der Waals surface area contributed by atoms with E-state index in [0.717, 1.165) is 4.57 Å². The molecule has 1 aromatic heterocycles. The molecule has 0 N–H and O–H groups in total. The van der Waals surface area contributed by atoms with Crippen molar-refractivity contribution in [2.75, 3.05) is 6.54 Å². The quantitative estimate of drug-likeness (QED) is 0.739. The molecule has 1 aliphatic rings. The molecular formula is C12H17F3N4O2. The largest absolute Gasteiger partial charge is 0.451 e. The molecule has 6 nitrogen and oxygen atoms in total. The minimum absolute atomic E-state index is 0.0131. The maximum atomic E-state index is 12.8. The summed E-state index contributed by atoms with van der Waals surface area (Å²) in [4.78, 5) is 13.4. The van der Waals surface area contributed by atoms with Crippen molar-refractivity contribution in [1.29, 1.82) is 0 Å². The van der Waals surface area contributed by atoms with Crippen LogP contribution in [-0.2, 0) is 17.5 Å². The van der Waals surface area contributed by atoms with Gasteiger partial charge in [-0.05, 0) is 27.7 Å². The molecule has 1 amide bonds. The first kappa shape index (κ1) is 15.6. The van der Waals surface area contributed by atoms with Gasteiger partial charge in [0.2, 0.25) is 5.82 Å². The lowest BCUT2D eigenvalue weighted by atomic mass is 10.2. The van der Waals surface area contributed by atoms with Gasteiger partial charge in [0.25, 0.3) is 0 Å². The summed E-state index contributed by atoms with van der Waals surface area (Å²) in [5.74, 6) is -0.923. The molecule has 1 atom stereocenters. The Labute approximate surface area is 119 Å². The monoisotopic (exact) mass is 306 g/mol. The van der Waals surface area contributed by atoms with Crippen molar-refractivity contribution >= 4 is 6.09 Å². The molecule has 1 unspecified atom stereocenters. The number of aromatic nitrogens is 3. The molecule has 0 fully saturated rings. The van der Waals surface area contributed by atoms with Crippen molar-refractivity contribution in [1.82, 2.24) is 19.7 Å². The fraction of sp³-hybridized carbons (Fsp3) is 0.750. The third-order valence-electron chi connectivity index (χ3n) is 3.07. The molecule has 0 aliphatic carbocycles. The molecule has 2 rings (SSSR count). The maximum Gasteiger partial charge on any atom is 0.451 e. The fourth-order valence-corrected chi connectivity index (χ4v) is 2.17. The van der Waals surface area contributed by atoms with Gasteiger partial charge in [-0.1, -0.05) is 0 Å². The van der Waals surface area contributed by atoms with Gasteiger partial charge >= 0.3 is 12.3 Å². The van der Waals surface area contributed by atoms with Crippen molar-refractivity contribution in [2.45, 2.75) is 52.1 Å². The predicted molar refractivity (Wildman–Crippen MR) is 66.4 cm³/mol. The van der Waals surface area contributed by atoms with Crippen LogP contribution in [0.1, 0.15) is 45.4 Å². The van der Waals surface area contributed by atoms with Crippen LogP contribution in [0, 0.1) is 0 Å². The number of hydrogen-bond acceptors (Lipinski definition) is 4. The average Bonchev–Trinajstić information content (AvgIpc) is 2.70. The van der Waals surface area contributed by atoms with Crippen LogP contribution in [0.3, 0.4) is 0 Å². The van der Waals surface area contributed by atoms with Crippen molar-refractivity contribution in [2.24, 2.45) is 0 Å². The standard InChI is InChI=1S/C12H17F3N4O2/c1-7-8-16-17-9(12(13,14)15)19(8)6-5-18(7)10(20)21-11(2,3)4/h7H,5-6H2,1-4H3. The molecule has 9 heteroatoms. The Kier molecular flexibility index (Phi) is 3.63. The zero-order chi connectivity index (χ0) is 16.0. The number of ether oxygens (including phenoxy) is 1. The van der Waals surface area contributed by atoms with Crippen LogP contribution in [0.5, 0.6) is 0 Å². The van der Waals surface area contributed by atoms with E-state index in [0.29, 0.717) is 0 Å². The minimum atomic E-state index is -4.56. The van der Waals surface area contributed by atoms with E-state index in [2.05, 4.69) is 10.2 Å². The van der Waals surface area contributed by atoms with Crippen LogP contribution in [0.15, 0.2) is 0 Å². The highest BCUT2D eigenvalue weighted by Gasteiger charge is 2.42. The summed E-state index contributed by atoms with van der Waals surface area (Å²) in [5, 5.41) is 6.77. The van der Waals surface area contributed by atoms with E-state index in [1.54, 1.807) is 27.7 Å². The Morgan fingerprint density at radius 1 is 1.24 bits per heavy atom. The molecule has 0 saturated heterocycles. The lowest BCUT2D eigenvalue weighted by Gasteiger charge is -2.35. The SMILES string of the molecule is CC1c2nnc(C(F)(F)F)n2CCN1C(=O)OC(C)(C)C. The molecular weight excluding hydrogens is 289 g/mol. The van der Waals surface area contributed by atoms with Gasteiger partial charge in [-0.25, -0.2) is 4.79 Å². The Bertz CT molecular complexity index is 548. The number of nitrogens with zero attached hydrogens (tertiary/aromatic N) is 4. The van der Waals surface area contributed by atoms with Crippen molar-refractivity contribution in [3.05, 3.63) is 11.6 Å². The average molecular weight is 306 g/mol. The summed E-state index contributed by atoms with van der Waals surface area (Å²) < 4.78 is 44.6. The molecule has 1 aliphatic heterocycles. The number of carbonyl (C=O) groups is 1. The second-order valence-corrected chi connectivity index (χ2v) is 5.88. The van der Waals surface area contributed by atoms with Gasteiger partial charge in [0.05, 0.1) is 6.04 Å². The van der Waals surface area contributed by atoms with E-state index in [4.69, 9.17) is 4.74 Å². The topological polar surface area (TPSA) is 60.2 Å². The van der Waals surface area contributed by atoms with Gasteiger partial charge in [-0.2, -0.15) is 13.2 Å². The van der Waals surface area contributed by atoms with E-state index in [9.17, 15) is 18.0 Å². The highest BCUT2D eigenvalue weighted by atomic mass is 19.4. The molecule has 1 aromatic rings. The Hall–Kier alpha value is -1.80. The van der Waals surface area contributed by atoms with E-state index in [1.165, 1.54) is 4.90 Å². The van der Waals surface area contributed by atoms with Gasteiger partial charge < -0.3 is 9.30 Å². The van der Waals surface area contributed by atoms with E-state index < -0.39 is 29.7 Å². The molecule has 0 spiro atoms. The Morgan fingerprint density at radius 3 is 2.38 bits per heavy atom. The normalized spacial score (nSPS) is 19.4. The van der Waals surface area contributed by atoms with Crippen LogP contribution in [0.2, 0.25) is 0 Å². The van der Waals surface area contributed by atoms with Crippen molar-refractivity contribution in [3.8, 4) is 0 Å². The highest BCUT2D eigenvalue weighted by molar-refractivity contribution is 5.68. The number of rotatable bonds is 0. The predicted octanol–water partition coefficient (Wildman–Crippen LogP) is 2.61. The fourth-order valence-electron chi connectivity index (χ4n) is 2.17. The highest BCUT2D eigenvalue weighted by Crippen LogP contribution is 2.33. The number of fused-ring (bicyclic) bond motifs is 1. The third-order valence-corrected chi connectivity index (χ3v) is 3.07. The summed E-state index contributed by atoms with van der Waals surface area (Å²) in [6, 6.07) is -0.628. The first-order valence-corrected chi connectivity index (χ1v) is 6.50. The van der Waals surface area contributed by atoms with Crippen LogP contribution < -0.4 is 0 Å². The first-order chi connectivity index (χ1) is 9.50. The van der Waals surface area contributed by atoms with Crippen LogP contribution in [-0.4, -0.2) is 37.9 Å². The molecule has 0 aromatic carbocycles. The Balaban J connectivity index is 2.24. The number of amides is 1. The lowest BCUT2D eigenvalue weighted by molar-refractivity contribution is -0.148. The van der Waals surface area contributed by atoms with Crippen molar-refractivity contribution in [3.63, 3.8) is 0 Å². The van der Waals surface area contributed by atoms with E-state index >= 15 is 0 Å². The molecule has 21 heavy (non-hydrogen) atoms. The molecule has 0 saturated carbocycles. The number of carbonyl (C=O) groups excluding carboxylic acids is 1. The van der Waals surface area contributed by atoms with Gasteiger partial charge in [-0.3, -0.25) is 4.90 Å². The summed E-state index contributed by atoms with van der Waals surface area (Å²) in [5.41, 5.74) is -0.668. The number of halogens is 3. The lowest BCUT2D eigenvalue weighted by Crippen LogP contribution is -2.44. The summed E-state index contributed by atoms with van der Waals surface area (Å²) in [7, 11) is 0. The summed E-state index contributed by atoms with van der Waals surface area (Å²) in [6.45, 7) is 6.88. The molecule has 118 valence electrons. The van der Waals surface area contributed by atoms with Crippen LogP contribution in [0.25, 0.3) is 0 Å².